The monoisotopic (exact) mass is 570 g/mol. The second-order valence-corrected chi connectivity index (χ2v) is 12.2. The summed E-state index contributed by atoms with van der Waals surface area (Å²) in [6.45, 7) is 7.89. The number of rotatable bonds is 6. The van der Waals surface area contributed by atoms with Gasteiger partial charge in [0.05, 0.1) is 5.69 Å². The number of aromatic nitrogens is 2. The summed E-state index contributed by atoms with van der Waals surface area (Å²) in [7, 11) is 0. The highest BCUT2D eigenvalue weighted by Gasteiger charge is 2.27. The standard InChI is InChI=1S/C33H42N6O3/c1-33(2,3)42-32(41)39-18-16-38(17-19-39)30-23-28(36-31(40)35-26-12-8-5-9-13-26)22-29(37-30)25-14-15-34-27(21-25)20-24-10-6-4-7-11-24/h5,8-9,12-15,21-24H,4,6-7,10-11,16-20H2,1-3H3,(H2,35,36,37,40). The molecule has 1 aliphatic heterocycles. The van der Waals surface area contributed by atoms with Crippen molar-refractivity contribution in [1.29, 1.82) is 0 Å². The molecule has 2 N–H and O–H groups in total. The number of carbonyl (C=O) groups is 2. The van der Waals surface area contributed by atoms with E-state index >= 15 is 0 Å². The maximum Gasteiger partial charge on any atom is 0.410 e. The first-order valence-electron chi connectivity index (χ1n) is 15.1. The quantitative estimate of drug-likeness (QED) is 0.332. The van der Waals surface area contributed by atoms with E-state index in [1.165, 1.54) is 32.1 Å². The fourth-order valence-electron chi connectivity index (χ4n) is 5.59. The number of hydrogen-bond acceptors (Lipinski definition) is 6. The number of ether oxygens (including phenoxy) is 1. The zero-order valence-corrected chi connectivity index (χ0v) is 24.9. The lowest BCUT2D eigenvalue weighted by atomic mass is 9.86. The van der Waals surface area contributed by atoms with Gasteiger partial charge in [-0.2, -0.15) is 0 Å². The Morgan fingerprint density at radius 3 is 2.33 bits per heavy atom. The van der Waals surface area contributed by atoms with Crippen LogP contribution in [0.1, 0.15) is 58.6 Å². The molecule has 5 rings (SSSR count). The Bertz CT molecular complexity index is 1360. The van der Waals surface area contributed by atoms with E-state index in [9.17, 15) is 9.59 Å². The van der Waals surface area contributed by atoms with E-state index in [1.54, 1.807) is 4.90 Å². The van der Waals surface area contributed by atoms with Gasteiger partial charge in [0, 0.05) is 61.1 Å². The van der Waals surface area contributed by atoms with Crippen molar-refractivity contribution in [2.24, 2.45) is 5.92 Å². The molecule has 2 fully saturated rings. The fraction of sp³-hybridized carbons (Fsp3) is 0.455. The molecule has 1 saturated carbocycles. The van der Waals surface area contributed by atoms with Crippen LogP contribution >= 0.6 is 0 Å². The molecule has 1 aliphatic carbocycles. The van der Waals surface area contributed by atoms with Crippen LogP contribution in [-0.2, 0) is 11.2 Å². The lowest BCUT2D eigenvalue weighted by Crippen LogP contribution is -2.50. The lowest BCUT2D eigenvalue weighted by Gasteiger charge is -2.36. The minimum absolute atomic E-state index is 0.300. The molecule has 2 aliphatic rings. The molecule has 3 heterocycles. The maximum atomic E-state index is 12.9. The summed E-state index contributed by atoms with van der Waals surface area (Å²) in [4.78, 5) is 39.1. The van der Waals surface area contributed by atoms with Crippen LogP contribution < -0.4 is 15.5 Å². The van der Waals surface area contributed by atoms with Crippen molar-refractivity contribution in [2.45, 2.75) is 64.9 Å². The van der Waals surface area contributed by atoms with E-state index in [0.29, 0.717) is 43.5 Å². The van der Waals surface area contributed by atoms with Crippen LogP contribution in [0.4, 0.5) is 26.8 Å². The summed E-state index contributed by atoms with van der Waals surface area (Å²) >= 11 is 0. The molecule has 1 saturated heterocycles. The maximum absolute atomic E-state index is 12.9. The van der Waals surface area contributed by atoms with Gasteiger partial charge in [-0.15, -0.1) is 0 Å². The topological polar surface area (TPSA) is 99.7 Å². The van der Waals surface area contributed by atoms with E-state index in [0.717, 1.165) is 29.2 Å². The number of urea groups is 1. The molecule has 9 heteroatoms. The number of nitrogens with one attached hydrogen (secondary N) is 2. The summed E-state index contributed by atoms with van der Waals surface area (Å²) in [5, 5.41) is 5.88. The van der Waals surface area contributed by atoms with Gasteiger partial charge in [0.2, 0.25) is 0 Å². The van der Waals surface area contributed by atoms with Crippen molar-refractivity contribution in [2.75, 3.05) is 41.7 Å². The molecule has 3 amide bonds. The molecular formula is C33H42N6O3. The number of piperazine rings is 1. The van der Waals surface area contributed by atoms with Crippen LogP contribution in [0.3, 0.4) is 0 Å². The normalized spacial score (nSPS) is 16.2. The van der Waals surface area contributed by atoms with Crippen molar-refractivity contribution < 1.29 is 14.3 Å². The summed E-state index contributed by atoms with van der Waals surface area (Å²) < 4.78 is 5.56. The number of nitrogens with zero attached hydrogens (tertiary/aromatic N) is 4. The first kappa shape index (κ1) is 29.4. The predicted octanol–water partition coefficient (Wildman–Crippen LogP) is 6.97. The van der Waals surface area contributed by atoms with Crippen molar-refractivity contribution in [3.05, 3.63) is 66.5 Å². The predicted molar refractivity (Wildman–Crippen MR) is 167 cm³/mol. The zero-order chi connectivity index (χ0) is 29.5. The Morgan fingerprint density at radius 1 is 0.905 bits per heavy atom. The molecule has 2 aromatic heterocycles. The highest BCUT2D eigenvalue weighted by atomic mass is 16.6. The number of hydrogen-bond donors (Lipinski definition) is 2. The SMILES string of the molecule is CC(C)(C)OC(=O)N1CCN(c2cc(NC(=O)Nc3ccccc3)cc(-c3ccnc(CC4CCCCC4)c3)n2)CC1. The third-order valence-corrected chi connectivity index (χ3v) is 7.69. The van der Waals surface area contributed by atoms with E-state index in [1.807, 2.05) is 75.5 Å². The lowest BCUT2D eigenvalue weighted by molar-refractivity contribution is 0.0240. The third kappa shape index (κ3) is 8.21. The average Bonchev–Trinajstić information content (AvgIpc) is 2.97. The molecule has 0 unspecified atom stereocenters. The van der Waals surface area contributed by atoms with E-state index in [2.05, 4.69) is 26.6 Å². The smallest absolute Gasteiger partial charge is 0.410 e. The highest BCUT2D eigenvalue weighted by Crippen LogP contribution is 2.30. The van der Waals surface area contributed by atoms with Gasteiger partial charge in [-0.1, -0.05) is 50.3 Å². The van der Waals surface area contributed by atoms with Crippen molar-refractivity contribution in [1.82, 2.24) is 14.9 Å². The largest absolute Gasteiger partial charge is 0.444 e. The van der Waals surface area contributed by atoms with Crippen molar-refractivity contribution in [3.8, 4) is 11.3 Å². The van der Waals surface area contributed by atoms with Crippen LogP contribution in [0.5, 0.6) is 0 Å². The number of anilines is 3. The van der Waals surface area contributed by atoms with Crippen LogP contribution in [0.25, 0.3) is 11.3 Å². The van der Waals surface area contributed by atoms with E-state index < -0.39 is 5.60 Å². The molecule has 42 heavy (non-hydrogen) atoms. The molecule has 9 nitrogen and oxygen atoms in total. The second kappa shape index (κ2) is 13.2. The van der Waals surface area contributed by atoms with Crippen LogP contribution in [0.2, 0.25) is 0 Å². The average molecular weight is 571 g/mol. The molecule has 0 bridgehead atoms. The zero-order valence-electron chi connectivity index (χ0n) is 24.9. The van der Waals surface area contributed by atoms with Gasteiger partial charge in [0.25, 0.3) is 0 Å². The second-order valence-electron chi connectivity index (χ2n) is 12.2. The highest BCUT2D eigenvalue weighted by molar-refractivity contribution is 6.00. The summed E-state index contributed by atoms with van der Waals surface area (Å²) in [6, 6.07) is 16.9. The van der Waals surface area contributed by atoms with Gasteiger partial charge >= 0.3 is 12.1 Å². The number of pyridine rings is 2. The van der Waals surface area contributed by atoms with Gasteiger partial charge < -0.3 is 25.2 Å². The summed E-state index contributed by atoms with van der Waals surface area (Å²) in [5.74, 6) is 1.43. The summed E-state index contributed by atoms with van der Waals surface area (Å²) in [5.41, 5.74) is 3.63. The Morgan fingerprint density at radius 2 is 1.62 bits per heavy atom. The fourth-order valence-corrected chi connectivity index (χ4v) is 5.59. The first-order chi connectivity index (χ1) is 20.2. The number of para-hydroxylation sites is 1. The number of amides is 3. The minimum Gasteiger partial charge on any atom is -0.444 e. The van der Waals surface area contributed by atoms with Gasteiger partial charge in [-0.3, -0.25) is 4.98 Å². The van der Waals surface area contributed by atoms with Crippen LogP contribution in [0, 0.1) is 5.92 Å². The molecule has 0 atom stereocenters. The van der Waals surface area contributed by atoms with Gasteiger partial charge in [0.15, 0.2) is 0 Å². The Balaban J connectivity index is 1.36. The van der Waals surface area contributed by atoms with Gasteiger partial charge in [0.1, 0.15) is 11.4 Å². The van der Waals surface area contributed by atoms with Gasteiger partial charge in [-0.05, 0) is 63.4 Å². The molecule has 1 aromatic carbocycles. The molecule has 222 valence electrons. The van der Waals surface area contributed by atoms with E-state index in [-0.39, 0.29) is 12.1 Å². The molecule has 3 aromatic rings. The third-order valence-electron chi connectivity index (χ3n) is 7.69. The number of benzene rings is 1. The van der Waals surface area contributed by atoms with E-state index in [4.69, 9.17) is 9.72 Å². The molecular weight excluding hydrogens is 528 g/mol. The molecule has 0 radical (unpaired) electrons. The molecule has 0 spiro atoms. The van der Waals surface area contributed by atoms with Crippen LogP contribution in [-0.4, -0.2) is 58.8 Å². The van der Waals surface area contributed by atoms with Crippen molar-refractivity contribution >= 4 is 29.3 Å². The Kier molecular flexibility index (Phi) is 9.25. The Hall–Kier alpha value is -4.14. The van der Waals surface area contributed by atoms with Gasteiger partial charge in [-0.25, -0.2) is 14.6 Å². The summed E-state index contributed by atoms with van der Waals surface area (Å²) in [6.07, 6.45) is 9.00. The first-order valence-corrected chi connectivity index (χ1v) is 15.1. The van der Waals surface area contributed by atoms with Crippen LogP contribution in [0.15, 0.2) is 60.8 Å². The van der Waals surface area contributed by atoms with Crippen molar-refractivity contribution in [3.63, 3.8) is 0 Å². The minimum atomic E-state index is -0.536. The number of carbonyl (C=O) groups excluding carboxylic acids is 2. The Labute approximate surface area is 248 Å².